The highest BCUT2D eigenvalue weighted by molar-refractivity contribution is 5.78. The van der Waals surface area contributed by atoms with Crippen LogP contribution in [0.1, 0.15) is 11.3 Å². The van der Waals surface area contributed by atoms with Gasteiger partial charge in [0.05, 0.1) is 12.1 Å². The molecule has 0 aliphatic heterocycles. The summed E-state index contributed by atoms with van der Waals surface area (Å²) in [6.45, 7) is 0.651. The first-order valence-electron chi connectivity index (χ1n) is 7.68. The summed E-state index contributed by atoms with van der Waals surface area (Å²) in [5.41, 5.74) is 2.81. The number of carbonyl (C=O) groups excluding carboxylic acids is 1. The molecule has 0 saturated heterocycles. The number of likely N-dealkylation sites (N-methyl/N-ethyl adjacent to an activating group) is 1. The average molecular weight is 322 g/mol. The second kappa shape index (κ2) is 7.45. The van der Waals surface area contributed by atoms with Crippen LogP contribution in [-0.2, 0) is 17.6 Å². The largest absolute Gasteiger partial charge is 0.345 e. The molecule has 2 aromatic heterocycles. The molecule has 0 bridgehead atoms. The molecule has 0 saturated carbocycles. The summed E-state index contributed by atoms with van der Waals surface area (Å²) in [5, 5.41) is 11.0. The fraction of sp³-hybridized carbons (Fsp3) is 0.235. The molecule has 1 aromatic carbocycles. The van der Waals surface area contributed by atoms with Crippen LogP contribution in [0.4, 0.5) is 0 Å². The molecule has 3 rings (SSSR count). The Balaban J connectivity index is 1.54. The maximum absolute atomic E-state index is 12.3. The molecule has 7 heteroatoms. The van der Waals surface area contributed by atoms with Gasteiger partial charge < -0.3 is 4.90 Å². The number of pyridine rings is 1. The lowest BCUT2D eigenvalue weighted by Gasteiger charge is -2.17. The first-order chi connectivity index (χ1) is 11.7. The summed E-state index contributed by atoms with van der Waals surface area (Å²) in [6, 6.07) is 13.4. The molecule has 0 unspecified atom stereocenters. The van der Waals surface area contributed by atoms with Crippen LogP contribution in [0.25, 0.3) is 5.69 Å². The monoisotopic (exact) mass is 322 g/mol. The van der Waals surface area contributed by atoms with E-state index in [9.17, 15) is 4.79 Å². The van der Waals surface area contributed by atoms with Crippen LogP contribution < -0.4 is 0 Å². The summed E-state index contributed by atoms with van der Waals surface area (Å²) in [5.74, 6) is 0.0844. The van der Waals surface area contributed by atoms with Crippen molar-refractivity contribution >= 4 is 5.91 Å². The second-order valence-electron chi connectivity index (χ2n) is 5.48. The molecule has 7 nitrogen and oxygen atoms in total. The first-order valence-corrected chi connectivity index (χ1v) is 7.68. The summed E-state index contributed by atoms with van der Waals surface area (Å²) in [6.07, 6.45) is 4.42. The van der Waals surface area contributed by atoms with Crippen molar-refractivity contribution in [2.24, 2.45) is 0 Å². The number of hydrogen-bond donors (Lipinski definition) is 0. The lowest BCUT2D eigenvalue weighted by molar-refractivity contribution is -0.129. The van der Waals surface area contributed by atoms with E-state index < -0.39 is 0 Å². The maximum atomic E-state index is 12.3. The Morgan fingerprint density at radius 2 is 2.00 bits per heavy atom. The van der Waals surface area contributed by atoms with E-state index in [1.165, 1.54) is 6.33 Å². The Bertz CT molecular complexity index is 771. The number of rotatable bonds is 6. The Hall–Kier alpha value is -3.09. The predicted octanol–water partition coefficient (Wildman–Crippen LogP) is 1.30. The van der Waals surface area contributed by atoms with Gasteiger partial charge in [-0.2, -0.15) is 0 Å². The average Bonchev–Trinajstić information content (AvgIpc) is 3.16. The van der Waals surface area contributed by atoms with E-state index >= 15 is 0 Å². The van der Waals surface area contributed by atoms with Crippen molar-refractivity contribution in [3.63, 3.8) is 0 Å². The van der Waals surface area contributed by atoms with Crippen molar-refractivity contribution in [1.29, 1.82) is 0 Å². The van der Waals surface area contributed by atoms with Gasteiger partial charge in [0.2, 0.25) is 5.91 Å². The van der Waals surface area contributed by atoms with Crippen LogP contribution in [0, 0.1) is 0 Å². The molecule has 2 heterocycles. The zero-order chi connectivity index (χ0) is 16.8. The minimum Gasteiger partial charge on any atom is -0.345 e. The van der Waals surface area contributed by atoms with Crippen molar-refractivity contribution in [3.8, 4) is 5.69 Å². The molecule has 1 amide bonds. The molecule has 3 aromatic rings. The SMILES string of the molecule is CN(CCc1ccccn1)C(=O)Cc1ccc(-n2cnnn2)cc1. The number of benzene rings is 1. The van der Waals surface area contributed by atoms with Crippen LogP contribution in [0.2, 0.25) is 0 Å². The minimum absolute atomic E-state index is 0.0844. The Labute approximate surface area is 139 Å². The third kappa shape index (κ3) is 4.01. The number of nitrogens with zero attached hydrogens (tertiary/aromatic N) is 6. The summed E-state index contributed by atoms with van der Waals surface area (Å²) in [7, 11) is 1.82. The van der Waals surface area contributed by atoms with E-state index in [1.807, 2.05) is 49.5 Å². The Kier molecular flexibility index (Phi) is 4.90. The molecule has 0 fully saturated rings. The third-order valence-corrected chi connectivity index (χ3v) is 3.76. The zero-order valence-electron chi connectivity index (χ0n) is 13.4. The second-order valence-corrected chi connectivity index (χ2v) is 5.48. The van der Waals surface area contributed by atoms with Gasteiger partial charge in [-0.1, -0.05) is 18.2 Å². The smallest absolute Gasteiger partial charge is 0.226 e. The van der Waals surface area contributed by atoms with Crippen molar-refractivity contribution in [1.82, 2.24) is 30.1 Å². The van der Waals surface area contributed by atoms with Gasteiger partial charge in [0, 0.05) is 31.9 Å². The normalized spacial score (nSPS) is 10.5. The van der Waals surface area contributed by atoms with Crippen molar-refractivity contribution in [2.45, 2.75) is 12.8 Å². The lowest BCUT2D eigenvalue weighted by atomic mass is 10.1. The summed E-state index contributed by atoms with van der Waals surface area (Å²) >= 11 is 0. The summed E-state index contributed by atoms with van der Waals surface area (Å²) < 4.78 is 1.57. The number of tetrazole rings is 1. The zero-order valence-corrected chi connectivity index (χ0v) is 13.4. The lowest BCUT2D eigenvalue weighted by Crippen LogP contribution is -2.30. The number of carbonyl (C=O) groups is 1. The molecule has 0 aliphatic rings. The van der Waals surface area contributed by atoms with Gasteiger partial charge in [-0.3, -0.25) is 9.78 Å². The number of aromatic nitrogens is 5. The van der Waals surface area contributed by atoms with Gasteiger partial charge in [-0.05, 0) is 40.3 Å². The van der Waals surface area contributed by atoms with Gasteiger partial charge >= 0.3 is 0 Å². The molecule has 0 aliphatic carbocycles. The standard InChI is InChI=1S/C17H18N6O/c1-22(11-9-15-4-2-3-10-18-15)17(24)12-14-5-7-16(8-6-14)23-13-19-20-21-23/h2-8,10,13H,9,11-12H2,1H3. The maximum Gasteiger partial charge on any atom is 0.226 e. The topological polar surface area (TPSA) is 76.8 Å². The minimum atomic E-state index is 0.0844. The Morgan fingerprint density at radius 3 is 2.67 bits per heavy atom. The van der Waals surface area contributed by atoms with Crippen LogP contribution in [0.3, 0.4) is 0 Å². The molecular formula is C17H18N6O. The first kappa shape index (κ1) is 15.8. The van der Waals surface area contributed by atoms with Crippen molar-refractivity contribution < 1.29 is 4.79 Å². The van der Waals surface area contributed by atoms with E-state index in [1.54, 1.807) is 15.8 Å². The van der Waals surface area contributed by atoms with Crippen LogP contribution >= 0.6 is 0 Å². The van der Waals surface area contributed by atoms with Crippen LogP contribution in [0.5, 0.6) is 0 Å². The van der Waals surface area contributed by atoms with Crippen molar-refractivity contribution in [3.05, 3.63) is 66.2 Å². The van der Waals surface area contributed by atoms with Gasteiger partial charge in [0.15, 0.2) is 0 Å². The third-order valence-electron chi connectivity index (χ3n) is 3.76. The predicted molar refractivity (Wildman–Crippen MR) is 88.4 cm³/mol. The van der Waals surface area contributed by atoms with E-state index in [2.05, 4.69) is 20.5 Å². The van der Waals surface area contributed by atoms with Gasteiger partial charge in [-0.25, -0.2) is 4.68 Å². The molecule has 0 spiro atoms. The highest BCUT2D eigenvalue weighted by Crippen LogP contribution is 2.09. The van der Waals surface area contributed by atoms with E-state index in [0.717, 1.165) is 23.4 Å². The van der Waals surface area contributed by atoms with E-state index in [-0.39, 0.29) is 5.91 Å². The molecule has 0 atom stereocenters. The van der Waals surface area contributed by atoms with E-state index in [0.29, 0.717) is 13.0 Å². The fourth-order valence-corrected chi connectivity index (χ4v) is 2.31. The molecule has 0 N–H and O–H groups in total. The van der Waals surface area contributed by atoms with Gasteiger partial charge in [0.1, 0.15) is 6.33 Å². The molecule has 24 heavy (non-hydrogen) atoms. The van der Waals surface area contributed by atoms with Gasteiger partial charge in [-0.15, -0.1) is 5.10 Å². The Morgan fingerprint density at radius 1 is 1.17 bits per heavy atom. The highest BCUT2D eigenvalue weighted by atomic mass is 16.2. The highest BCUT2D eigenvalue weighted by Gasteiger charge is 2.10. The quantitative estimate of drug-likeness (QED) is 0.684. The van der Waals surface area contributed by atoms with Gasteiger partial charge in [0.25, 0.3) is 0 Å². The fourth-order valence-electron chi connectivity index (χ4n) is 2.31. The molecular weight excluding hydrogens is 304 g/mol. The van der Waals surface area contributed by atoms with E-state index in [4.69, 9.17) is 0 Å². The van der Waals surface area contributed by atoms with Crippen LogP contribution in [-0.4, -0.2) is 49.6 Å². The summed E-state index contributed by atoms with van der Waals surface area (Å²) in [4.78, 5) is 18.3. The van der Waals surface area contributed by atoms with Crippen molar-refractivity contribution in [2.75, 3.05) is 13.6 Å². The number of hydrogen-bond acceptors (Lipinski definition) is 5. The van der Waals surface area contributed by atoms with Crippen LogP contribution in [0.15, 0.2) is 55.0 Å². The number of amides is 1. The molecule has 0 radical (unpaired) electrons. The molecule has 122 valence electrons.